The lowest BCUT2D eigenvalue weighted by Crippen LogP contribution is -2.47. The first-order valence-electron chi connectivity index (χ1n) is 19.8. The smallest absolute Gasteiger partial charge is 0.0757 e. The molecule has 0 saturated heterocycles. The maximum Gasteiger partial charge on any atom is 0.0757 e. The van der Waals surface area contributed by atoms with Gasteiger partial charge in [-0.3, -0.25) is 0 Å². The first-order valence-corrected chi connectivity index (χ1v) is 19.8. The van der Waals surface area contributed by atoms with Crippen LogP contribution in [0.5, 0.6) is 0 Å². The highest BCUT2D eigenvalue weighted by Gasteiger charge is 2.18. The van der Waals surface area contributed by atoms with E-state index in [4.69, 9.17) is 0 Å². The summed E-state index contributed by atoms with van der Waals surface area (Å²) in [4.78, 5) is 37.7. The van der Waals surface area contributed by atoms with Crippen molar-refractivity contribution < 1.29 is 57.5 Å². The Balaban J connectivity index is -0.000000122. The third kappa shape index (κ3) is 33.1. The molecule has 0 aliphatic rings. The fourth-order valence-corrected chi connectivity index (χ4v) is 5.64. The fourth-order valence-electron chi connectivity index (χ4n) is 5.64. The number of quaternary nitrogens is 4. The quantitative estimate of drug-likeness (QED) is 0.134. The highest BCUT2D eigenvalue weighted by atomic mass is 16.4. The van der Waals surface area contributed by atoms with Crippen LogP contribution in [0.4, 0.5) is 0 Å². The molecule has 0 aliphatic carbocycles. The van der Waals surface area contributed by atoms with Gasteiger partial charge < -0.3 is 57.5 Å². The third-order valence-corrected chi connectivity index (χ3v) is 11.4. The molecule has 0 radical (unpaired) electrons. The number of carboxylic acids is 4. The first kappa shape index (κ1) is 61.2. The summed E-state index contributed by atoms with van der Waals surface area (Å²) in [6, 6.07) is 0. The van der Waals surface area contributed by atoms with Gasteiger partial charge in [-0.25, -0.2) is 0 Å². The zero-order valence-corrected chi connectivity index (χ0v) is 36.7. The number of aliphatic carboxylic acids is 4. The summed E-state index contributed by atoms with van der Waals surface area (Å²) in [5.41, 5.74) is 0. The molecule has 0 aliphatic heterocycles. The molecule has 0 aromatic heterocycles. The molecule has 0 bridgehead atoms. The average molecular weight is 749 g/mol. The summed E-state index contributed by atoms with van der Waals surface area (Å²) >= 11 is 0. The van der Waals surface area contributed by atoms with E-state index in [-0.39, 0.29) is 0 Å². The molecule has 0 spiro atoms. The Bertz CT molecular complexity index is 707. The molecular weight excluding hydrogens is 664 g/mol. The van der Waals surface area contributed by atoms with Crippen LogP contribution >= 0.6 is 0 Å². The van der Waals surface area contributed by atoms with Crippen LogP contribution in [-0.4, -0.2) is 147 Å². The average Bonchev–Trinajstić information content (AvgIpc) is 3.16. The third-order valence-electron chi connectivity index (χ3n) is 11.4. The second-order valence-electron chi connectivity index (χ2n) is 12.4. The summed E-state index contributed by atoms with van der Waals surface area (Å²) in [6.45, 7) is 56.9. The van der Waals surface area contributed by atoms with Gasteiger partial charge in [-0.05, 0) is 135 Å². The molecular formula is C40H84N4O8. The van der Waals surface area contributed by atoms with Crippen LogP contribution in [-0.2, 0) is 19.2 Å². The van der Waals surface area contributed by atoms with Crippen molar-refractivity contribution in [3.8, 4) is 0 Å². The Labute approximate surface area is 320 Å². The molecule has 0 aromatic carbocycles. The predicted molar refractivity (Wildman–Crippen MR) is 208 cm³/mol. The van der Waals surface area contributed by atoms with Gasteiger partial charge in [-0.15, -0.1) is 0 Å². The molecule has 0 amide bonds. The van der Waals surface area contributed by atoms with E-state index in [1.807, 2.05) is 0 Å². The van der Waals surface area contributed by atoms with Gasteiger partial charge in [0.05, 0.1) is 129 Å². The molecule has 0 N–H and O–H groups in total. The van der Waals surface area contributed by atoms with Crippen molar-refractivity contribution >= 4 is 23.9 Å². The molecule has 0 rings (SSSR count). The van der Waals surface area contributed by atoms with Gasteiger partial charge in [0.1, 0.15) is 0 Å². The minimum atomic E-state index is -1.55. The van der Waals surface area contributed by atoms with E-state index < -0.39 is 23.9 Å². The lowest BCUT2D eigenvalue weighted by atomic mass is 10.3. The van der Waals surface area contributed by atoms with E-state index in [0.29, 0.717) is 24.3 Å². The summed E-state index contributed by atoms with van der Waals surface area (Å²) in [5, 5.41) is 37.7. The minimum Gasteiger partial charge on any atom is -0.545 e. The number of carbonyl (C=O) groups is 4. The maximum atomic E-state index is 9.41. The molecule has 12 nitrogen and oxygen atoms in total. The maximum absolute atomic E-state index is 9.41. The van der Waals surface area contributed by atoms with Crippen molar-refractivity contribution in [3.63, 3.8) is 0 Å². The van der Waals surface area contributed by atoms with Crippen LogP contribution in [0.15, 0.2) is 24.3 Å². The van der Waals surface area contributed by atoms with Crippen LogP contribution < -0.4 is 20.4 Å². The van der Waals surface area contributed by atoms with E-state index in [1.54, 1.807) is 0 Å². The first-order chi connectivity index (χ1) is 24.2. The number of hydrogen-bond donors (Lipinski definition) is 0. The molecule has 0 unspecified atom stereocenters. The van der Waals surface area contributed by atoms with E-state index in [1.165, 1.54) is 123 Å². The Kier molecular flexibility index (Phi) is 44.7. The van der Waals surface area contributed by atoms with Gasteiger partial charge >= 0.3 is 0 Å². The van der Waals surface area contributed by atoms with Crippen LogP contribution in [0.3, 0.4) is 0 Å². The van der Waals surface area contributed by atoms with Gasteiger partial charge in [-0.1, -0.05) is 0 Å². The summed E-state index contributed by atoms with van der Waals surface area (Å²) in [7, 11) is 0. The fraction of sp³-hybridized carbons (Fsp3) is 0.800. The standard InChI is InChI=1S/4C8H20N.2C4H4O4/c4*1-5-9(6-2,7-3)8-4;2*5-3(6)1-2-4(7)8/h4*5-8H2,1-4H3;2*1-2H,(H,5,6)(H,7,8)/q4*+1;;/p-4/b;;;;2*2-1-. The molecule has 0 fully saturated rings. The summed E-state index contributed by atoms with van der Waals surface area (Å²) in [6.07, 6.45) is 1.54. The Morgan fingerprint density at radius 3 is 0.365 bits per heavy atom. The highest BCUT2D eigenvalue weighted by molar-refractivity contribution is 5.88. The molecule has 12 heteroatoms. The Hall–Kier alpha value is -2.80. The zero-order chi connectivity index (χ0) is 42.5. The number of nitrogens with zero attached hydrogens (tertiary/aromatic N) is 4. The van der Waals surface area contributed by atoms with Gasteiger partial charge in [-0.2, -0.15) is 0 Å². The lowest BCUT2D eigenvalue weighted by Gasteiger charge is -2.34. The molecule has 312 valence electrons. The van der Waals surface area contributed by atoms with Crippen molar-refractivity contribution in [1.29, 1.82) is 0 Å². The van der Waals surface area contributed by atoms with Gasteiger partial charge in [0.2, 0.25) is 0 Å². The number of carbonyl (C=O) groups excluding carboxylic acids is 4. The van der Waals surface area contributed by atoms with Gasteiger partial charge in [0.15, 0.2) is 0 Å². The van der Waals surface area contributed by atoms with E-state index >= 15 is 0 Å². The minimum absolute atomic E-state index is 0.384. The summed E-state index contributed by atoms with van der Waals surface area (Å²) in [5.74, 6) is -6.19. The van der Waals surface area contributed by atoms with Crippen LogP contribution in [0.1, 0.15) is 111 Å². The van der Waals surface area contributed by atoms with Gasteiger partial charge in [0, 0.05) is 0 Å². The molecule has 0 atom stereocenters. The number of hydrogen-bond acceptors (Lipinski definition) is 8. The van der Waals surface area contributed by atoms with Crippen molar-refractivity contribution in [2.75, 3.05) is 105 Å². The number of carboxylic acid groups (broad SMARTS) is 4. The van der Waals surface area contributed by atoms with Crippen molar-refractivity contribution in [2.24, 2.45) is 0 Å². The van der Waals surface area contributed by atoms with E-state index in [9.17, 15) is 39.6 Å². The SMILES string of the molecule is CC[N+](CC)(CC)CC.CC[N+](CC)(CC)CC.CC[N+](CC)(CC)CC.CC[N+](CC)(CC)CC.O=C([O-])/C=C\C(=O)[O-].O=C([O-])/C=C\C(=O)[O-]. The van der Waals surface area contributed by atoms with Crippen LogP contribution in [0.2, 0.25) is 0 Å². The Morgan fingerprint density at radius 2 is 0.346 bits per heavy atom. The van der Waals surface area contributed by atoms with Crippen LogP contribution in [0, 0.1) is 0 Å². The van der Waals surface area contributed by atoms with E-state index in [0.717, 1.165) is 0 Å². The highest BCUT2D eigenvalue weighted by Crippen LogP contribution is 2.05. The van der Waals surface area contributed by atoms with Gasteiger partial charge in [0.25, 0.3) is 0 Å². The molecule has 0 heterocycles. The van der Waals surface area contributed by atoms with Crippen LogP contribution in [0.25, 0.3) is 0 Å². The normalized spacial score (nSPS) is 11.2. The molecule has 52 heavy (non-hydrogen) atoms. The van der Waals surface area contributed by atoms with E-state index in [2.05, 4.69) is 111 Å². The summed E-state index contributed by atoms with van der Waals surface area (Å²) < 4.78 is 5.11. The predicted octanol–water partition coefficient (Wildman–Crippen LogP) is 1.62. The molecule has 0 saturated carbocycles. The molecule has 0 aromatic rings. The largest absolute Gasteiger partial charge is 0.545 e. The Morgan fingerprint density at radius 1 is 0.269 bits per heavy atom. The van der Waals surface area contributed by atoms with Crippen molar-refractivity contribution in [3.05, 3.63) is 24.3 Å². The topological polar surface area (TPSA) is 161 Å². The monoisotopic (exact) mass is 749 g/mol. The second kappa shape index (κ2) is 37.9. The second-order valence-corrected chi connectivity index (χ2v) is 12.4. The van der Waals surface area contributed by atoms with Crippen molar-refractivity contribution in [1.82, 2.24) is 0 Å². The number of rotatable bonds is 20. The van der Waals surface area contributed by atoms with Crippen molar-refractivity contribution in [2.45, 2.75) is 111 Å². The zero-order valence-electron chi connectivity index (χ0n) is 36.7. The lowest BCUT2D eigenvalue weighted by molar-refractivity contribution is -0.921.